The lowest BCUT2D eigenvalue weighted by molar-refractivity contribution is -0.903. The highest BCUT2D eigenvalue weighted by atomic mass is 19.1. The molecular formula is C21H24FN4O3+. The first-order valence-electron chi connectivity index (χ1n) is 9.69. The van der Waals surface area contributed by atoms with Crippen molar-refractivity contribution in [2.45, 2.75) is 6.10 Å². The van der Waals surface area contributed by atoms with E-state index < -0.39 is 6.10 Å². The quantitative estimate of drug-likeness (QED) is 0.618. The van der Waals surface area contributed by atoms with Crippen molar-refractivity contribution >= 4 is 5.69 Å². The Hall–Kier alpha value is -2.97. The normalized spacial score (nSPS) is 16.0. The highest BCUT2D eigenvalue weighted by Crippen LogP contribution is 2.21. The predicted molar refractivity (Wildman–Crippen MR) is 105 cm³/mol. The zero-order valence-electron chi connectivity index (χ0n) is 16.0. The number of nitrogens with zero attached hydrogens (tertiary/aromatic N) is 3. The average molecular weight is 399 g/mol. The number of aliphatic hydroxyl groups is 1. The summed E-state index contributed by atoms with van der Waals surface area (Å²) >= 11 is 0. The summed E-state index contributed by atoms with van der Waals surface area (Å²) in [5.74, 6) is 0.860. The molecule has 2 heterocycles. The zero-order chi connectivity index (χ0) is 20.1. The molecule has 0 unspecified atom stereocenters. The lowest BCUT2D eigenvalue weighted by Gasteiger charge is -2.34. The molecule has 1 saturated heterocycles. The summed E-state index contributed by atoms with van der Waals surface area (Å²) in [6, 6.07) is 14.0. The molecule has 1 aliphatic heterocycles. The number of halogens is 1. The van der Waals surface area contributed by atoms with Crippen LogP contribution >= 0.6 is 0 Å². The van der Waals surface area contributed by atoms with Crippen LogP contribution < -0.4 is 14.5 Å². The van der Waals surface area contributed by atoms with Gasteiger partial charge in [-0.25, -0.2) is 4.39 Å². The summed E-state index contributed by atoms with van der Waals surface area (Å²) in [4.78, 5) is 3.58. The molecule has 0 amide bonds. The number of rotatable bonds is 7. The Labute approximate surface area is 168 Å². The molecule has 29 heavy (non-hydrogen) atoms. The number of nitrogens with one attached hydrogen (secondary N) is 1. The van der Waals surface area contributed by atoms with E-state index in [-0.39, 0.29) is 12.4 Å². The van der Waals surface area contributed by atoms with Gasteiger partial charge in [0.25, 0.3) is 0 Å². The Kier molecular flexibility index (Phi) is 6.02. The number of quaternary nitrogens is 1. The minimum atomic E-state index is -0.561. The minimum Gasteiger partial charge on any atom is -0.491 e. The maximum Gasteiger partial charge on any atom is 0.247 e. The van der Waals surface area contributed by atoms with Crippen molar-refractivity contribution in [1.29, 1.82) is 0 Å². The second-order valence-electron chi connectivity index (χ2n) is 7.15. The van der Waals surface area contributed by atoms with E-state index in [1.165, 1.54) is 23.4 Å². The van der Waals surface area contributed by atoms with Gasteiger partial charge in [0.15, 0.2) is 0 Å². The van der Waals surface area contributed by atoms with Crippen molar-refractivity contribution < 1.29 is 23.6 Å². The fraction of sp³-hybridized carbons (Fsp3) is 0.333. The fourth-order valence-electron chi connectivity index (χ4n) is 3.54. The van der Waals surface area contributed by atoms with Gasteiger partial charge >= 0.3 is 0 Å². The fourth-order valence-corrected chi connectivity index (χ4v) is 3.54. The first kappa shape index (κ1) is 19.4. The summed E-state index contributed by atoms with van der Waals surface area (Å²) in [5, 5.41) is 17.9. The maximum atomic E-state index is 13.1. The average Bonchev–Trinajstić information content (AvgIpc) is 3.29. The summed E-state index contributed by atoms with van der Waals surface area (Å²) in [5.41, 5.74) is 1.81. The van der Waals surface area contributed by atoms with Crippen molar-refractivity contribution in [2.24, 2.45) is 0 Å². The third-order valence-electron chi connectivity index (χ3n) is 5.07. The lowest BCUT2D eigenvalue weighted by atomic mass is 10.2. The van der Waals surface area contributed by atoms with Crippen LogP contribution in [0.15, 0.2) is 59.3 Å². The van der Waals surface area contributed by atoms with E-state index in [1.54, 1.807) is 0 Å². The van der Waals surface area contributed by atoms with Gasteiger partial charge in [0.2, 0.25) is 12.3 Å². The Morgan fingerprint density at radius 1 is 1.17 bits per heavy atom. The second kappa shape index (κ2) is 9.02. The van der Waals surface area contributed by atoms with Crippen LogP contribution in [0.5, 0.6) is 5.75 Å². The van der Waals surface area contributed by atoms with E-state index in [1.807, 2.05) is 36.4 Å². The molecule has 0 bridgehead atoms. The van der Waals surface area contributed by atoms with Crippen LogP contribution in [-0.2, 0) is 0 Å². The summed E-state index contributed by atoms with van der Waals surface area (Å²) in [6.45, 7) is 4.43. The number of ether oxygens (including phenoxy) is 1. The molecule has 0 radical (unpaired) electrons. The minimum absolute atomic E-state index is 0.219. The SMILES string of the molecule is O[C@H](COc1cccc(-c2nnco2)c1)C[NH+]1CCN(c2ccc(F)cc2)CC1. The molecule has 4 rings (SSSR count). The largest absolute Gasteiger partial charge is 0.491 e. The van der Waals surface area contributed by atoms with Crippen LogP contribution in [0.1, 0.15) is 0 Å². The van der Waals surface area contributed by atoms with Crippen molar-refractivity contribution in [3.63, 3.8) is 0 Å². The number of aromatic nitrogens is 2. The van der Waals surface area contributed by atoms with Gasteiger partial charge in [0.05, 0.1) is 26.2 Å². The van der Waals surface area contributed by atoms with E-state index in [0.29, 0.717) is 18.2 Å². The van der Waals surface area contributed by atoms with Crippen molar-refractivity contribution in [2.75, 3.05) is 44.2 Å². The summed E-state index contributed by atoms with van der Waals surface area (Å²) < 4.78 is 24.0. The maximum absolute atomic E-state index is 13.1. The third-order valence-corrected chi connectivity index (χ3v) is 5.07. The molecule has 2 aromatic carbocycles. The molecular weight excluding hydrogens is 375 g/mol. The molecule has 0 saturated carbocycles. The van der Waals surface area contributed by atoms with Gasteiger partial charge in [0.1, 0.15) is 30.8 Å². The van der Waals surface area contributed by atoms with Crippen LogP contribution in [0.25, 0.3) is 11.5 Å². The highest BCUT2D eigenvalue weighted by Gasteiger charge is 2.23. The van der Waals surface area contributed by atoms with E-state index in [4.69, 9.17) is 9.15 Å². The molecule has 1 fully saturated rings. The summed E-state index contributed by atoms with van der Waals surface area (Å²) in [7, 11) is 0. The van der Waals surface area contributed by atoms with Crippen LogP contribution in [0.3, 0.4) is 0 Å². The second-order valence-corrected chi connectivity index (χ2v) is 7.15. The molecule has 7 nitrogen and oxygen atoms in total. The Morgan fingerprint density at radius 3 is 2.69 bits per heavy atom. The van der Waals surface area contributed by atoms with Crippen molar-refractivity contribution in [3.8, 4) is 17.2 Å². The Balaban J connectivity index is 1.23. The monoisotopic (exact) mass is 399 g/mol. The number of anilines is 1. The van der Waals surface area contributed by atoms with Gasteiger partial charge in [-0.15, -0.1) is 10.2 Å². The van der Waals surface area contributed by atoms with Crippen LogP contribution in [0.4, 0.5) is 10.1 Å². The number of aliphatic hydroxyl groups excluding tert-OH is 1. The summed E-state index contributed by atoms with van der Waals surface area (Å²) in [6.07, 6.45) is 0.722. The Morgan fingerprint density at radius 2 is 1.97 bits per heavy atom. The van der Waals surface area contributed by atoms with Gasteiger partial charge in [-0.3, -0.25) is 0 Å². The van der Waals surface area contributed by atoms with Gasteiger partial charge in [-0.1, -0.05) is 6.07 Å². The number of hydrogen-bond donors (Lipinski definition) is 2. The molecule has 1 atom stereocenters. The molecule has 2 N–H and O–H groups in total. The van der Waals surface area contributed by atoms with E-state index in [0.717, 1.165) is 37.4 Å². The van der Waals surface area contributed by atoms with Gasteiger partial charge in [0, 0.05) is 11.3 Å². The highest BCUT2D eigenvalue weighted by molar-refractivity contribution is 5.55. The van der Waals surface area contributed by atoms with Gasteiger partial charge < -0.3 is 24.1 Å². The van der Waals surface area contributed by atoms with E-state index in [9.17, 15) is 9.50 Å². The molecule has 152 valence electrons. The molecule has 1 aliphatic rings. The first-order chi connectivity index (χ1) is 14.2. The van der Waals surface area contributed by atoms with Crippen molar-refractivity contribution in [1.82, 2.24) is 10.2 Å². The molecule has 8 heteroatoms. The predicted octanol–water partition coefficient (Wildman–Crippen LogP) is 1.02. The lowest BCUT2D eigenvalue weighted by Crippen LogP contribution is -3.16. The van der Waals surface area contributed by atoms with Gasteiger partial charge in [-0.2, -0.15) is 0 Å². The Bertz CT molecular complexity index is 897. The number of hydrogen-bond acceptors (Lipinski definition) is 6. The van der Waals surface area contributed by atoms with Crippen LogP contribution in [-0.4, -0.2) is 60.7 Å². The smallest absolute Gasteiger partial charge is 0.247 e. The van der Waals surface area contributed by atoms with Crippen molar-refractivity contribution in [3.05, 3.63) is 60.7 Å². The topological polar surface area (TPSA) is 76.1 Å². The number of benzene rings is 2. The van der Waals surface area contributed by atoms with E-state index in [2.05, 4.69) is 15.1 Å². The van der Waals surface area contributed by atoms with Crippen LogP contribution in [0, 0.1) is 5.82 Å². The standard InChI is InChI=1S/C21H23FN4O3/c22-17-4-6-18(7-5-17)26-10-8-25(9-11-26)13-19(27)14-28-20-3-1-2-16(12-20)21-24-23-15-29-21/h1-7,12,15,19,27H,8-11,13-14H2/p+1/t19-/m0/s1. The molecule has 0 aliphatic carbocycles. The van der Waals surface area contributed by atoms with E-state index >= 15 is 0 Å². The molecule has 0 spiro atoms. The molecule has 1 aromatic heterocycles. The van der Waals surface area contributed by atoms with Gasteiger partial charge in [-0.05, 0) is 42.5 Å². The number of piperazine rings is 1. The first-order valence-corrected chi connectivity index (χ1v) is 9.69. The van der Waals surface area contributed by atoms with Crippen LogP contribution in [0.2, 0.25) is 0 Å². The molecule has 3 aromatic rings. The zero-order valence-corrected chi connectivity index (χ0v) is 16.0. The third kappa shape index (κ3) is 5.10.